The maximum absolute atomic E-state index is 3.65. The van der Waals surface area contributed by atoms with Crippen LogP contribution in [0.2, 0.25) is 0 Å². The van der Waals surface area contributed by atoms with Gasteiger partial charge in [-0.3, -0.25) is 0 Å². The number of hydrogen-bond acceptors (Lipinski definition) is 1. The lowest BCUT2D eigenvalue weighted by Gasteiger charge is -2.13. The molecular formula is C15H21N. The molecule has 0 aromatic heterocycles. The Kier molecular flexibility index (Phi) is 2.72. The highest BCUT2D eigenvalue weighted by Gasteiger charge is 2.27. The van der Waals surface area contributed by atoms with Crippen molar-refractivity contribution in [1.82, 2.24) is 5.32 Å². The minimum Gasteiger partial charge on any atom is -0.310 e. The number of hydrogen-bond donors (Lipinski definition) is 1. The van der Waals surface area contributed by atoms with E-state index in [0.717, 1.165) is 12.5 Å². The summed E-state index contributed by atoms with van der Waals surface area (Å²) in [6, 6.07) is 7.75. The van der Waals surface area contributed by atoms with Crippen LogP contribution in [0.1, 0.15) is 42.9 Å². The van der Waals surface area contributed by atoms with E-state index in [0.29, 0.717) is 6.04 Å². The predicted molar refractivity (Wildman–Crippen MR) is 67.5 cm³/mol. The van der Waals surface area contributed by atoms with E-state index >= 15 is 0 Å². The van der Waals surface area contributed by atoms with E-state index in [9.17, 15) is 0 Å². The Morgan fingerprint density at radius 2 is 2.06 bits per heavy atom. The zero-order valence-corrected chi connectivity index (χ0v) is 10.1. The summed E-state index contributed by atoms with van der Waals surface area (Å²) in [5.41, 5.74) is 4.64. The molecule has 1 N–H and O–H groups in total. The number of rotatable bonds is 4. The number of aryl methyl sites for hydroxylation is 2. The third kappa shape index (κ3) is 2.15. The van der Waals surface area contributed by atoms with E-state index in [4.69, 9.17) is 0 Å². The molecule has 0 aliphatic heterocycles. The van der Waals surface area contributed by atoms with Crippen molar-refractivity contribution in [2.24, 2.45) is 5.92 Å². The van der Waals surface area contributed by atoms with Crippen LogP contribution in [0.15, 0.2) is 18.2 Å². The second-order valence-electron chi connectivity index (χ2n) is 5.46. The molecule has 0 heterocycles. The van der Waals surface area contributed by atoms with Crippen LogP contribution >= 0.6 is 0 Å². The fraction of sp³-hybridized carbons (Fsp3) is 0.600. The highest BCUT2D eigenvalue weighted by molar-refractivity contribution is 5.35. The Labute approximate surface area is 98.3 Å². The lowest BCUT2D eigenvalue weighted by Crippen LogP contribution is -2.27. The molecule has 1 atom stereocenters. The van der Waals surface area contributed by atoms with Crippen LogP contribution in [0.25, 0.3) is 0 Å². The molecule has 86 valence electrons. The van der Waals surface area contributed by atoms with Gasteiger partial charge in [-0.2, -0.15) is 0 Å². The fourth-order valence-corrected chi connectivity index (χ4v) is 2.78. The summed E-state index contributed by atoms with van der Waals surface area (Å²) in [4.78, 5) is 0. The summed E-state index contributed by atoms with van der Waals surface area (Å²) in [6.45, 7) is 3.37. The third-order valence-electron chi connectivity index (χ3n) is 4.12. The molecule has 16 heavy (non-hydrogen) atoms. The van der Waals surface area contributed by atoms with Crippen LogP contribution < -0.4 is 5.32 Å². The average molecular weight is 215 g/mol. The predicted octanol–water partition coefficient (Wildman–Crippen LogP) is 3.06. The van der Waals surface area contributed by atoms with Gasteiger partial charge < -0.3 is 5.32 Å². The largest absolute Gasteiger partial charge is 0.310 e. The number of fused-ring (bicyclic) bond motifs is 1. The topological polar surface area (TPSA) is 12.0 Å². The first-order valence-corrected chi connectivity index (χ1v) is 6.67. The third-order valence-corrected chi connectivity index (χ3v) is 4.12. The van der Waals surface area contributed by atoms with Gasteiger partial charge in [0, 0.05) is 12.6 Å². The number of nitrogens with one attached hydrogen (secondary N) is 1. The second kappa shape index (κ2) is 4.21. The molecule has 1 fully saturated rings. The van der Waals surface area contributed by atoms with Gasteiger partial charge >= 0.3 is 0 Å². The van der Waals surface area contributed by atoms with Gasteiger partial charge in [0.2, 0.25) is 0 Å². The van der Waals surface area contributed by atoms with Crippen molar-refractivity contribution in [2.45, 2.75) is 51.6 Å². The van der Waals surface area contributed by atoms with Gasteiger partial charge in [0.05, 0.1) is 0 Å². The molecule has 3 rings (SSSR count). The van der Waals surface area contributed by atoms with Gasteiger partial charge in [0.1, 0.15) is 0 Å². The first-order valence-electron chi connectivity index (χ1n) is 6.67. The van der Waals surface area contributed by atoms with E-state index < -0.39 is 0 Å². The first-order chi connectivity index (χ1) is 7.83. The molecule has 0 spiro atoms. The molecule has 1 unspecified atom stereocenters. The smallest absolute Gasteiger partial charge is 0.0208 e. The van der Waals surface area contributed by atoms with E-state index in [1.165, 1.54) is 37.7 Å². The molecule has 0 amide bonds. The lowest BCUT2D eigenvalue weighted by atomic mass is 10.1. The summed E-state index contributed by atoms with van der Waals surface area (Å²) < 4.78 is 0. The van der Waals surface area contributed by atoms with Crippen LogP contribution in [-0.2, 0) is 19.4 Å². The van der Waals surface area contributed by atoms with Crippen molar-refractivity contribution in [3.8, 4) is 0 Å². The van der Waals surface area contributed by atoms with Crippen LogP contribution in [-0.4, -0.2) is 6.04 Å². The molecule has 1 nitrogen and oxygen atoms in total. The van der Waals surface area contributed by atoms with Crippen molar-refractivity contribution in [2.75, 3.05) is 0 Å². The Morgan fingerprint density at radius 3 is 2.88 bits per heavy atom. The molecular weight excluding hydrogens is 194 g/mol. The molecule has 0 saturated heterocycles. The van der Waals surface area contributed by atoms with Crippen LogP contribution in [0.5, 0.6) is 0 Å². The molecule has 1 aromatic rings. The second-order valence-corrected chi connectivity index (χ2v) is 5.46. The standard InChI is InChI=1S/C15H21N/c1-11(13-7-8-13)16-10-12-5-6-14-3-2-4-15(14)9-12/h5-6,9,11,13,16H,2-4,7-8,10H2,1H3. The summed E-state index contributed by atoms with van der Waals surface area (Å²) >= 11 is 0. The summed E-state index contributed by atoms with van der Waals surface area (Å²) in [5.74, 6) is 0.953. The van der Waals surface area contributed by atoms with Gasteiger partial charge in [0.15, 0.2) is 0 Å². The van der Waals surface area contributed by atoms with Crippen molar-refractivity contribution >= 4 is 0 Å². The molecule has 1 saturated carbocycles. The van der Waals surface area contributed by atoms with Gasteiger partial charge in [0.25, 0.3) is 0 Å². The molecule has 0 radical (unpaired) electrons. The highest BCUT2D eigenvalue weighted by atomic mass is 14.9. The van der Waals surface area contributed by atoms with Crippen molar-refractivity contribution in [3.63, 3.8) is 0 Å². The zero-order valence-electron chi connectivity index (χ0n) is 10.1. The van der Waals surface area contributed by atoms with Gasteiger partial charge in [-0.25, -0.2) is 0 Å². The highest BCUT2D eigenvalue weighted by Crippen LogP contribution is 2.32. The lowest BCUT2D eigenvalue weighted by molar-refractivity contribution is 0.496. The Bertz CT molecular complexity index is 379. The van der Waals surface area contributed by atoms with Gasteiger partial charge in [-0.15, -0.1) is 0 Å². The summed E-state index contributed by atoms with van der Waals surface area (Å²) in [6.07, 6.45) is 6.80. The van der Waals surface area contributed by atoms with Gasteiger partial charge in [-0.05, 0) is 61.6 Å². The first kappa shape index (κ1) is 10.3. The van der Waals surface area contributed by atoms with Crippen LogP contribution in [0.3, 0.4) is 0 Å². The Balaban J connectivity index is 1.61. The molecule has 1 aromatic carbocycles. The zero-order chi connectivity index (χ0) is 11.0. The molecule has 2 aliphatic carbocycles. The SMILES string of the molecule is CC(NCc1ccc2c(c1)CCC2)C1CC1. The van der Waals surface area contributed by atoms with E-state index in [1.54, 1.807) is 11.1 Å². The van der Waals surface area contributed by atoms with Crippen molar-refractivity contribution in [1.29, 1.82) is 0 Å². The van der Waals surface area contributed by atoms with E-state index in [-0.39, 0.29) is 0 Å². The summed E-state index contributed by atoms with van der Waals surface area (Å²) in [5, 5.41) is 3.65. The van der Waals surface area contributed by atoms with Crippen molar-refractivity contribution in [3.05, 3.63) is 34.9 Å². The van der Waals surface area contributed by atoms with E-state index in [2.05, 4.69) is 30.4 Å². The molecule has 2 aliphatic rings. The normalized spacial score (nSPS) is 20.8. The minimum absolute atomic E-state index is 0.702. The molecule has 0 bridgehead atoms. The van der Waals surface area contributed by atoms with Crippen LogP contribution in [0.4, 0.5) is 0 Å². The Morgan fingerprint density at radius 1 is 1.25 bits per heavy atom. The monoisotopic (exact) mass is 215 g/mol. The van der Waals surface area contributed by atoms with Crippen molar-refractivity contribution < 1.29 is 0 Å². The number of benzene rings is 1. The maximum Gasteiger partial charge on any atom is 0.0208 e. The maximum atomic E-state index is 3.65. The van der Waals surface area contributed by atoms with E-state index in [1.807, 2.05) is 0 Å². The fourth-order valence-electron chi connectivity index (χ4n) is 2.78. The summed E-state index contributed by atoms with van der Waals surface area (Å²) in [7, 11) is 0. The quantitative estimate of drug-likeness (QED) is 0.814. The van der Waals surface area contributed by atoms with Gasteiger partial charge in [-0.1, -0.05) is 18.2 Å². The average Bonchev–Trinajstić information content (AvgIpc) is 3.04. The minimum atomic E-state index is 0.702. The van der Waals surface area contributed by atoms with Crippen LogP contribution in [0, 0.1) is 5.92 Å². The Hall–Kier alpha value is -0.820. The molecule has 1 heteroatoms.